The maximum atomic E-state index is 8.32. The Labute approximate surface area is 292 Å². The Kier molecular flexibility index (Phi) is 6.20. The van der Waals surface area contributed by atoms with Gasteiger partial charge in [-0.25, -0.2) is 4.98 Å². The summed E-state index contributed by atoms with van der Waals surface area (Å²) in [5, 5.41) is 7.35. The zero-order valence-corrected chi connectivity index (χ0v) is 28.2. The van der Waals surface area contributed by atoms with Crippen LogP contribution in [0.2, 0.25) is 0 Å². The van der Waals surface area contributed by atoms with Gasteiger partial charge in [-0.3, -0.25) is 4.57 Å². The van der Waals surface area contributed by atoms with Gasteiger partial charge < -0.3 is 9.80 Å². The van der Waals surface area contributed by atoms with Gasteiger partial charge in [0.25, 0.3) is 0 Å². The van der Waals surface area contributed by atoms with Crippen molar-refractivity contribution in [1.29, 1.82) is 0 Å². The Morgan fingerprint density at radius 2 is 1.22 bits per heavy atom. The molecule has 2 aromatic heterocycles. The van der Waals surface area contributed by atoms with Crippen LogP contribution in [0.4, 0.5) is 17.1 Å². The van der Waals surface area contributed by atoms with Crippen LogP contribution in [0.1, 0.15) is 9.68 Å². The van der Waals surface area contributed by atoms with Crippen molar-refractivity contribution in [1.82, 2.24) is 9.55 Å². The SMILES string of the molecule is [2H]C([2H])([2H])N1CN(c2cccc([Si](c3ccccc3)(c3ccccc3)c3ccc4c5ccccc5n(-c5cc(C)ccn5)c4c3)c2)c2ccccc21. The van der Waals surface area contributed by atoms with Crippen LogP contribution in [0.15, 0.2) is 170 Å². The minimum atomic E-state index is -3.01. The Balaban J connectivity index is 1.34. The average molecular weight is 652 g/mol. The molecule has 0 bridgehead atoms. The molecule has 1 aliphatic rings. The molecule has 0 atom stereocenters. The fraction of sp³-hybridized carbons (Fsp3) is 0.0682. The fourth-order valence-corrected chi connectivity index (χ4v) is 12.6. The van der Waals surface area contributed by atoms with Gasteiger partial charge in [0.2, 0.25) is 0 Å². The number of hydrogen-bond donors (Lipinski definition) is 0. The van der Waals surface area contributed by atoms with Crippen molar-refractivity contribution in [3.05, 3.63) is 176 Å². The lowest BCUT2D eigenvalue weighted by Crippen LogP contribution is -2.74. The molecule has 0 unspecified atom stereocenters. The van der Waals surface area contributed by atoms with Gasteiger partial charge in [-0.1, -0.05) is 115 Å². The zero-order valence-electron chi connectivity index (χ0n) is 30.2. The maximum absolute atomic E-state index is 8.32. The topological polar surface area (TPSA) is 24.3 Å². The van der Waals surface area contributed by atoms with E-state index >= 15 is 0 Å². The van der Waals surface area contributed by atoms with E-state index in [-0.39, 0.29) is 6.67 Å². The third kappa shape index (κ3) is 4.61. The van der Waals surface area contributed by atoms with Gasteiger partial charge in [-0.2, -0.15) is 0 Å². The summed E-state index contributed by atoms with van der Waals surface area (Å²) in [4.78, 5) is 8.51. The van der Waals surface area contributed by atoms with Crippen molar-refractivity contribution in [3.63, 3.8) is 0 Å². The summed E-state index contributed by atoms with van der Waals surface area (Å²) in [7, 11) is -3.01. The first-order chi connectivity index (χ1) is 25.3. The van der Waals surface area contributed by atoms with Crippen molar-refractivity contribution in [2.45, 2.75) is 6.92 Å². The normalized spacial score (nSPS) is 14.1. The molecule has 5 heteroatoms. The van der Waals surface area contributed by atoms with Crippen LogP contribution in [0.3, 0.4) is 0 Å². The van der Waals surface area contributed by atoms with Crippen molar-refractivity contribution in [2.24, 2.45) is 0 Å². The second-order valence-corrected chi connectivity index (χ2v) is 16.6. The van der Waals surface area contributed by atoms with Crippen molar-refractivity contribution < 1.29 is 4.11 Å². The van der Waals surface area contributed by atoms with E-state index in [9.17, 15) is 0 Å². The summed E-state index contributed by atoms with van der Waals surface area (Å²) in [5.41, 5.74) is 5.94. The lowest BCUT2D eigenvalue weighted by molar-refractivity contribution is 0.950. The van der Waals surface area contributed by atoms with E-state index < -0.39 is 15.0 Å². The monoisotopic (exact) mass is 651 g/mol. The molecule has 0 saturated heterocycles. The Bertz CT molecular complexity index is 2540. The van der Waals surface area contributed by atoms with Crippen LogP contribution in [0, 0.1) is 6.92 Å². The first kappa shape index (κ1) is 26.1. The summed E-state index contributed by atoms with van der Waals surface area (Å²) >= 11 is 0. The average Bonchev–Trinajstić information content (AvgIpc) is 3.73. The van der Waals surface area contributed by atoms with E-state index in [1.165, 1.54) is 36.4 Å². The molecule has 0 aliphatic carbocycles. The Hall–Kier alpha value is -5.91. The van der Waals surface area contributed by atoms with Crippen molar-refractivity contribution >= 4 is 67.7 Å². The highest BCUT2D eigenvalue weighted by atomic mass is 28.3. The van der Waals surface area contributed by atoms with Crippen LogP contribution >= 0.6 is 0 Å². The molecular weight excluding hydrogens is 613 g/mol. The molecule has 49 heavy (non-hydrogen) atoms. The summed E-state index contributed by atoms with van der Waals surface area (Å²) in [6, 6.07) is 58.2. The van der Waals surface area contributed by atoms with E-state index in [1.807, 2.05) is 36.5 Å². The highest BCUT2D eigenvalue weighted by Gasteiger charge is 2.42. The van der Waals surface area contributed by atoms with Gasteiger partial charge in [-0.05, 0) is 81.8 Å². The predicted molar refractivity (Wildman–Crippen MR) is 209 cm³/mol. The second-order valence-electron chi connectivity index (χ2n) is 12.8. The van der Waals surface area contributed by atoms with Crippen LogP contribution in [0.5, 0.6) is 0 Å². The number of nitrogens with zero attached hydrogens (tertiary/aromatic N) is 4. The molecule has 236 valence electrons. The number of aryl methyl sites for hydroxylation is 1. The van der Waals surface area contributed by atoms with E-state index in [4.69, 9.17) is 9.10 Å². The van der Waals surface area contributed by atoms with Gasteiger partial charge in [0.1, 0.15) is 5.82 Å². The molecule has 0 saturated carbocycles. The first-order valence-electron chi connectivity index (χ1n) is 18.2. The zero-order chi connectivity index (χ0) is 35.5. The number of para-hydroxylation sites is 3. The van der Waals surface area contributed by atoms with Crippen LogP contribution in [-0.2, 0) is 0 Å². The number of rotatable bonds is 6. The van der Waals surface area contributed by atoms with E-state index in [2.05, 4.69) is 150 Å². The summed E-state index contributed by atoms with van der Waals surface area (Å²) in [6.07, 6.45) is 1.89. The molecule has 0 fully saturated rings. The quantitative estimate of drug-likeness (QED) is 0.138. The number of hydrogen-bond acceptors (Lipinski definition) is 3. The molecule has 0 amide bonds. The molecule has 0 N–H and O–H groups in total. The number of aromatic nitrogens is 2. The number of pyridine rings is 1. The molecule has 9 rings (SSSR count). The molecule has 3 heterocycles. The molecule has 6 aromatic carbocycles. The smallest absolute Gasteiger partial charge is 0.179 e. The highest BCUT2D eigenvalue weighted by molar-refractivity contribution is 7.20. The van der Waals surface area contributed by atoms with Crippen LogP contribution < -0.4 is 30.5 Å². The van der Waals surface area contributed by atoms with Crippen LogP contribution in [-0.4, -0.2) is 31.3 Å². The molecular formula is C44H36N4Si. The van der Waals surface area contributed by atoms with Crippen molar-refractivity contribution in [2.75, 3.05) is 23.4 Å². The predicted octanol–water partition coefficient (Wildman–Crippen LogP) is 7.41. The largest absolute Gasteiger partial charge is 0.355 e. The standard InChI is InChI=1S/C44H36N4Si/c1-32-26-27-45-44(28-32)48-40-21-10-9-20-38(40)39-25-24-37(30-43(39)48)49(34-15-5-3-6-16-34,35-17-7-4-8-18-35)36-19-13-14-33(29-36)47-31-46(2)41-22-11-12-23-42(41)47/h3-30H,31H2,1-2H3/i2D3. The lowest BCUT2D eigenvalue weighted by Gasteiger charge is -2.35. The second kappa shape index (κ2) is 11.7. The minimum absolute atomic E-state index is 0.236. The summed E-state index contributed by atoms with van der Waals surface area (Å²) in [6.45, 7) is 0.0749. The van der Waals surface area contributed by atoms with Gasteiger partial charge in [0.05, 0.1) is 29.1 Å². The first-order valence-corrected chi connectivity index (χ1v) is 18.7. The van der Waals surface area contributed by atoms with E-state index in [1.54, 1.807) is 0 Å². The highest BCUT2D eigenvalue weighted by Crippen LogP contribution is 2.39. The van der Waals surface area contributed by atoms with E-state index in [0.29, 0.717) is 5.69 Å². The molecule has 0 radical (unpaired) electrons. The summed E-state index contributed by atoms with van der Waals surface area (Å²) in [5.74, 6) is 0.892. The maximum Gasteiger partial charge on any atom is 0.179 e. The van der Waals surface area contributed by atoms with Gasteiger partial charge in [0, 0.05) is 33.7 Å². The number of anilines is 3. The third-order valence-corrected chi connectivity index (χ3v) is 14.7. The van der Waals surface area contributed by atoms with Crippen molar-refractivity contribution in [3.8, 4) is 5.82 Å². The van der Waals surface area contributed by atoms with E-state index in [0.717, 1.165) is 33.8 Å². The molecule has 1 aliphatic heterocycles. The Morgan fingerprint density at radius 1 is 0.571 bits per heavy atom. The van der Waals surface area contributed by atoms with Crippen LogP contribution in [0.25, 0.3) is 27.6 Å². The summed E-state index contributed by atoms with van der Waals surface area (Å²) < 4.78 is 27.3. The van der Waals surface area contributed by atoms with Gasteiger partial charge >= 0.3 is 0 Å². The molecule has 8 aromatic rings. The number of benzene rings is 6. The lowest BCUT2D eigenvalue weighted by atomic mass is 10.1. The van der Waals surface area contributed by atoms with Gasteiger partial charge in [-0.15, -0.1) is 0 Å². The Morgan fingerprint density at radius 3 is 1.98 bits per heavy atom. The number of fused-ring (bicyclic) bond motifs is 4. The molecule has 4 nitrogen and oxygen atoms in total. The fourth-order valence-electron chi connectivity index (χ4n) is 7.81. The minimum Gasteiger partial charge on any atom is -0.355 e. The molecule has 0 spiro atoms. The van der Waals surface area contributed by atoms with Gasteiger partial charge in [0.15, 0.2) is 8.07 Å². The third-order valence-electron chi connectivity index (χ3n) is 9.99.